The summed E-state index contributed by atoms with van der Waals surface area (Å²) in [5.41, 5.74) is 1.50. The quantitative estimate of drug-likeness (QED) is 0.587. The van der Waals surface area contributed by atoms with Crippen molar-refractivity contribution in [3.8, 4) is 0 Å². The Kier molecular flexibility index (Phi) is 3.33. The van der Waals surface area contributed by atoms with Crippen molar-refractivity contribution in [3.05, 3.63) is 35.4 Å². The predicted octanol–water partition coefficient (Wildman–Crippen LogP) is 0.963. The van der Waals surface area contributed by atoms with Crippen LogP contribution in [-0.4, -0.2) is 27.9 Å². The fourth-order valence-corrected chi connectivity index (χ4v) is 2.07. The lowest BCUT2D eigenvalue weighted by atomic mass is 10.1. The highest BCUT2D eigenvalue weighted by Gasteiger charge is 2.35. The van der Waals surface area contributed by atoms with Crippen LogP contribution in [0.25, 0.3) is 0 Å². The second-order valence-corrected chi connectivity index (χ2v) is 3.92. The molecule has 16 heavy (non-hydrogen) atoms. The minimum absolute atomic E-state index is 0.451. The molecule has 1 heterocycles. The summed E-state index contributed by atoms with van der Waals surface area (Å²) in [5.74, 6) is 0. The first-order chi connectivity index (χ1) is 7.75. The Hall–Kier alpha value is -1.23. The molecule has 0 amide bonds. The van der Waals surface area contributed by atoms with Crippen LogP contribution in [0.15, 0.2) is 24.3 Å². The number of fused-ring (bicyclic) bond motifs is 1. The monoisotopic (exact) mass is 221 g/mol. The van der Waals surface area contributed by atoms with Crippen molar-refractivity contribution in [3.63, 3.8) is 0 Å². The molecule has 1 aromatic rings. The van der Waals surface area contributed by atoms with Gasteiger partial charge in [0, 0.05) is 24.1 Å². The molecular weight excluding hydrogens is 206 g/mol. The summed E-state index contributed by atoms with van der Waals surface area (Å²) in [5, 5.41) is 20.0. The summed E-state index contributed by atoms with van der Waals surface area (Å²) in [4.78, 5) is 11.8. The van der Waals surface area contributed by atoms with Crippen LogP contribution in [0.2, 0.25) is 0 Å². The smallest absolute Gasteiger partial charge is 0.136 e. The maximum Gasteiger partial charge on any atom is 0.136 e. The summed E-state index contributed by atoms with van der Waals surface area (Å²) in [6, 6.07) is 7.29. The van der Waals surface area contributed by atoms with Crippen LogP contribution in [0.3, 0.4) is 0 Å². The predicted molar refractivity (Wildman–Crippen MR) is 58.4 cm³/mol. The van der Waals surface area contributed by atoms with E-state index in [9.17, 15) is 15.0 Å². The van der Waals surface area contributed by atoms with E-state index in [2.05, 4.69) is 0 Å². The standard InChI is InChI=1S/C12H15NO3/c14-8-4-3-7-13-11(15)9-5-1-2-6-10(9)12(13)16/h1-2,5-6,8,11-12,15-16H,3-4,7H2. The van der Waals surface area contributed by atoms with Gasteiger partial charge in [0.05, 0.1) is 0 Å². The number of unbranched alkanes of at least 4 members (excludes halogenated alkanes) is 1. The van der Waals surface area contributed by atoms with E-state index in [1.165, 1.54) is 0 Å². The average Bonchev–Trinajstić information content (AvgIpc) is 2.55. The summed E-state index contributed by atoms with van der Waals surface area (Å²) in [6.45, 7) is 0.510. The third-order valence-electron chi connectivity index (χ3n) is 2.92. The van der Waals surface area contributed by atoms with Crippen LogP contribution >= 0.6 is 0 Å². The fourth-order valence-electron chi connectivity index (χ4n) is 2.07. The number of aldehydes is 1. The Morgan fingerprint density at radius 2 is 1.75 bits per heavy atom. The normalized spacial score (nSPS) is 24.4. The third-order valence-corrected chi connectivity index (χ3v) is 2.92. The Morgan fingerprint density at radius 1 is 1.19 bits per heavy atom. The molecule has 1 aromatic carbocycles. The van der Waals surface area contributed by atoms with Crippen LogP contribution in [-0.2, 0) is 4.79 Å². The van der Waals surface area contributed by atoms with E-state index in [0.717, 1.165) is 17.4 Å². The molecule has 1 aliphatic rings. The number of hydrogen-bond donors (Lipinski definition) is 2. The zero-order valence-corrected chi connectivity index (χ0v) is 8.91. The number of aliphatic hydroxyl groups excluding tert-OH is 2. The Balaban J connectivity index is 2.11. The number of benzene rings is 1. The van der Waals surface area contributed by atoms with Gasteiger partial charge in [-0.05, 0) is 6.42 Å². The van der Waals surface area contributed by atoms with E-state index in [1.807, 2.05) is 24.3 Å². The molecule has 0 fully saturated rings. The third kappa shape index (κ3) is 1.87. The maximum absolute atomic E-state index is 10.2. The molecule has 0 radical (unpaired) electrons. The number of rotatable bonds is 4. The number of hydrogen-bond acceptors (Lipinski definition) is 4. The number of aliphatic hydroxyl groups is 2. The first-order valence-corrected chi connectivity index (χ1v) is 5.40. The van der Waals surface area contributed by atoms with Gasteiger partial charge in [-0.3, -0.25) is 0 Å². The van der Waals surface area contributed by atoms with Crippen LogP contribution in [0.1, 0.15) is 36.4 Å². The van der Waals surface area contributed by atoms with Gasteiger partial charge in [0.2, 0.25) is 0 Å². The van der Waals surface area contributed by atoms with Gasteiger partial charge >= 0.3 is 0 Å². The van der Waals surface area contributed by atoms with Crippen LogP contribution in [0, 0.1) is 0 Å². The van der Waals surface area contributed by atoms with Crippen molar-refractivity contribution in [1.82, 2.24) is 4.90 Å². The molecular formula is C12H15NO3. The van der Waals surface area contributed by atoms with Gasteiger partial charge in [-0.15, -0.1) is 0 Å². The molecule has 2 rings (SSSR count). The average molecular weight is 221 g/mol. The molecule has 0 aliphatic carbocycles. The lowest BCUT2D eigenvalue weighted by Crippen LogP contribution is -2.27. The Morgan fingerprint density at radius 3 is 2.25 bits per heavy atom. The van der Waals surface area contributed by atoms with Gasteiger partial charge in [-0.2, -0.15) is 0 Å². The summed E-state index contributed by atoms with van der Waals surface area (Å²) >= 11 is 0. The highest BCUT2D eigenvalue weighted by Crippen LogP contribution is 2.38. The van der Waals surface area contributed by atoms with Crippen molar-refractivity contribution in [1.29, 1.82) is 0 Å². The molecule has 2 N–H and O–H groups in total. The molecule has 2 unspecified atom stereocenters. The van der Waals surface area contributed by atoms with Crippen molar-refractivity contribution in [2.75, 3.05) is 6.54 Å². The van der Waals surface area contributed by atoms with E-state index in [-0.39, 0.29) is 0 Å². The molecule has 4 heteroatoms. The minimum atomic E-state index is -0.766. The molecule has 0 saturated carbocycles. The lowest BCUT2D eigenvalue weighted by Gasteiger charge is -2.23. The molecule has 4 nitrogen and oxygen atoms in total. The van der Waals surface area contributed by atoms with Crippen molar-refractivity contribution >= 4 is 6.29 Å². The SMILES string of the molecule is O=CCCCN1C(O)c2ccccc2C1O. The topological polar surface area (TPSA) is 60.8 Å². The Bertz CT molecular complexity index is 351. The number of nitrogens with zero attached hydrogens (tertiary/aromatic N) is 1. The number of carbonyl (C=O) groups excluding carboxylic acids is 1. The van der Waals surface area contributed by atoms with E-state index < -0.39 is 12.5 Å². The van der Waals surface area contributed by atoms with Crippen LogP contribution < -0.4 is 0 Å². The first-order valence-electron chi connectivity index (χ1n) is 5.40. The molecule has 0 saturated heterocycles. The summed E-state index contributed by atoms with van der Waals surface area (Å²) in [7, 11) is 0. The van der Waals surface area contributed by atoms with Crippen LogP contribution in [0.4, 0.5) is 0 Å². The summed E-state index contributed by atoms with van der Waals surface area (Å²) in [6.07, 6.45) is 0.413. The summed E-state index contributed by atoms with van der Waals surface area (Å²) < 4.78 is 0. The zero-order valence-electron chi connectivity index (χ0n) is 8.91. The molecule has 86 valence electrons. The van der Waals surface area contributed by atoms with Gasteiger partial charge in [0.1, 0.15) is 18.7 Å². The maximum atomic E-state index is 10.2. The van der Waals surface area contributed by atoms with E-state index in [0.29, 0.717) is 19.4 Å². The van der Waals surface area contributed by atoms with Crippen molar-refractivity contribution in [2.24, 2.45) is 0 Å². The zero-order chi connectivity index (χ0) is 11.5. The van der Waals surface area contributed by atoms with E-state index in [1.54, 1.807) is 4.90 Å². The molecule has 0 spiro atoms. The Labute approximate surface area is 94.1 Å². The lowest BCUT2D eigenvalue weighted by molar-refractivity contribution is -0.109. The van der Waals surface area contributed by atoms with Crippen LogP contribution in [0.5, 0.6) is 0 Å². The second kappa shape index (κ2) is 4.74. The van der Waals surface area contributed by atoms with E-state index >= 15 is 0 Å². The number of carbonyl (C=O) groups is 1. The van der Waals surface area contributed by atoms with Gasteiger partial charge < -0.3 is 15.0 Å². The first kappa shape index (κ1) is 11.3. The largest absolute Gasteiger partial charge is 0.374 e. The van der Waals surface area contributed by atoms with Gasteiger partial charge in [-0.1, -0.05) is 24.3 Å². The highest BCUT2D eigenvalue weighted by atomic mass is 16.3. The van der Waals surface area contributed by atoms with Crippen molar-refractivity contribution < 1.29 is 15.0 Å². The molecule has 2 atom stereocenters. The molecule has 0 bridgehead atoms. The van der Waals surface area contributed by atoms with Crippen molar-refractivity contribution in [2.45, 2.75) is 25.3 Å². The minimum Gasteiger partial charge on any atom is -0.374 e. The molecule has 0 aromatic heterocycles. The van der Waals surface area contributed by atoms with Gasteiger partial charge in [0.15, 0.2) is 0 Å². The van der Waals surface area contributed by atoms with Gasteiger partial charge in [0.25, 0.3) is 0 Å². The van der Waals surface area contributed by atoms with E-state index in [4.69, 9.17) is 0 Å². The fraction of sp³-hybridized carbons (Fsp3) is 0.417. The second-order valence-electron chi connectivity index (χ2n) is 3.92. The molecule has 1 aliphatic heterocycles. The van der Waals surface area contributed by atoms with Gasteiger partial charge in [-0.25, -0.2) is 4.90 Å². The highest BCUT2D eigenvalue weighted by molar-refractivity contribution is 5.49.